The standard InChI is InChI=1S/C29H39NO3/c1-5-8-17-30(18-9-6-2)19-10-20-32-25-14-12-24(13-15-25)29(31)28-22(4)33-27-16-11-23(7-3)21-26(27)28/h11-16,21H,5-10,17-20H2,1-4H3. The fourth-order valence-electron chi connectivity index (χ4n) is 4.19. The first-order valence-corrected chi connectivity index (χ1v) is 12.6. The molecule has 178 valence electrons. The van der Waals surface area contributed by atoms with Crippen LogP contribution >= 0.6 is 0 Å². The summed E-state index contributed by atoms with van der Waals surface area (Å²) in [6.45, 7) is 12.6. The van der Waals surface area contributed by atoms with Gasteiger partial charge in [0.2, 0.25) is 0 Å². The molecule has 4 nitrogen and oxygen atoms in total. The van der Waals surface area contributed by atoms with Crippen LogP contribution in [-0.4, -0.2) is 36.9 Å². The lowest BCUT2D eigenvalue weighted by molar-refractivity contribution is 0.103. The van der Waals surface area contributed by atoms with Crippen LogP contribution in [0.1, 0.15) is 80.1 Å². The van der Waals surface area contributed by atoms with Crippen LogP contribution < -0.4 is 4.74 Å². The van der Waals surface area contributed by atoms with Crippen molar-refractivity contribution in [2.75, 3.05) is 26.2 Å². The van der Waals surface area contributed by atoms with Crippen molar-refractivity contribution in [1.82, 2.24) is 4.90 Å². The van der Waals surface area contributed by atoms with Crippen molar-refractivity contribution in [3.63, 3.8) is 0 Å². The fraction of sp³-hybridized carbons (Fsp3) is 0.483. The molecule has 0 spiro atoms. The zero-order valence-electron chi connectivity index (χ0n) is 20.8. The van der Waals surface area contributed by atoms with E-state index in [0.29, 0.717) is 23.5 Å². The van der Waals surface area contributed by atoms with Crippen LogP contribution in [0.2, 0.25) is 0 Å². The lowest BCUT2D eigenvalue weighted by Crippen LogP contribution is -2.28. The minimum Gasteiger partial charge on any atom is -0.494 e. The molecule has 0 amide bonds. The Hall–Kier alpha value is -2.59. The van der Waals surface area contributed by atoms with Gasteiger partial charge in [-0.15, -0.1) is 0 Å². The zero-order chi connectivity index (χ0) is 23.6. The minimum absolute atomic E-state index is 0.00598. The van der Waals surface area contributed by atoms with E-state index in [2.05, 4.69) is 37.8 Å². The second kappa shape index (κ2) is 12.6. The lowest BCUT2D eigenvalue weighted by Gasteiger charge is -2.21. The Morgan fingerprint density at radius 2 is 1.58 bits per heavy atom. The molecule has 1 aromatic heterocycles. The van der Waals surface area contributed by atoms with Gasteiger partial charge in [0.1, 0.15) is 17.1 Å². The summed E-state index contributed by atoms with van der Waals surface area (Å²) in [6.07, 6.45) is 6.91. The number of benzene rings is 2. The summed E-state index contributed by atoms with van der Waals surface area (Å²) in [6, 6.07) is 13.6. The fourth-order valence-corrected chi connectivity index (χ4v) is 4.19. The molecule has 4 heteroatoms. The lowest BCUT2D eigenvalue weighted by atomic mass is 9.99. The van der Waals surface area contributed by atoms with E-state index in [9.17, 15) is 4.79 Å². The molecular formula is C29H39NO3. The summed E-state index contributed by atoms with van der Waals surface area (Å²) in [5.74, 6) is 1.47. The van der Waals surface area contributed by atoms with Crippen molar-refractivity contribution >= 4 is 16.8 Å². The topological polar surface area (TPSA) is 42.7 Å². The quantitative estimate of drug-likeness (QED) is 0.193. The van der Waals surface area contributed by atoms with Gasteiger partial charge in [0.05, 0.1) is 12.2 Å². The molecule has 3 aromatic rings. The molecule has 3 rings (SSSR count). The van der Waals surface area contributed by atoms with Crippen molar-refractivity contribution in [1.29, 1.82) is 0 Å². The first kappa shape index (κ1) is 25.0. The number of carbonyl (C=O) groups is 1. The number of ether oxygens (including phenoxy) is 1. The Bertz CT molecular complexity index is 1010. The van der Waals surface area contributed by atoms with Crippen LogP contribution in [0.3, 0.4) is 0 Å². The first-order valence-electron chi connectivity index (χ1n) is 12.6. The molecule has 2 aromatic carbocycles. The second-order valence-electron chi connectivity index (χ2n) is 8.82. The van der Waals surface area contributed by atoms with Crippen molar-refractivity contribution in [2.45, 2.75) is 66.2 Å². The summed E-state index contributed by atoms with van der Waals surface area (Å²) in [4.78, 5) is 15.8. The predicted molar refractivity (Wildman–Crippen MR) is 137 cm³/mol. The van der Waals surface area contributed by atoms with Gasteiger partial charge in [-0.1, -0.05) is 39.7 Å². The van der Waals surface area contributed by atoms with Crippen molar-refractivity contribution in [3.05, 3.63) is 64.9 Å². The molecular weight excluding hydrogens is 410 g/mol. The highest BCUT2D eigenvalue weighted by atomic mass is 16.5. The second-order valence-corrected chi connectivity index (χ2v) is 8.82. The minimum atomic E-state index is -0.00598. The third kappa shape index (κ3) is 6.70. The molecule has 0 bridgehead atoms. The van der Waals surface area contributed by atoms with E-state index in [1.54, 1.807) is 0 Å². The maximum Gasteiger partial charge on any atom is 0.197 e. The summed E-state index contributed by atoms with van der Waals surface area (Å²) in [5.41, 5.74) is 3.28. The predicted octanol–water partition coefficient (Wildman–Crippen LogP) is 7.21. The number of ketones is 1. The van der Waals surface area contributed by atoms with E-state index in [0.717, 1.165) is 36.1 Å². The van der Waals surface area contributed by atoms with Gasteiger partial charge in [0, 0.05) is 17.5 Å². The molecule has 0 fully saturated rings. The van der Waals surface area contributed by atoms with Gasteiger partial charge in [-0.3, -0.25) is 4.79 Å². The van der Waals surface area contributed by atoms with Crippen molar-refractivity contribution in [2.24, 2.45) is 0 Å². The maximum absolute atomic E-state index is 13.3. The van der Waals surface area contributed by atoms with Crippen LogP contribution in [0.25, 0.3) is 11.0 Å². The SMILES string of the molecule is CCCCN(CCCC)CCCOc1ccc(C(=O)c2c(C)oc3ccc(CC)cc23)cc1. The van der Waals surface area contributed by atoms with Crippen LogP contribution in [0.4, 0.5) is 0 Å². The zero-order valence-corrected chi connectivity index (χ0v) is 20.8. The molecule has 0 aliphatic carbocycles. The average molecular weight is 450 g/mol. The van der Waals surface area contributed by atoms with E-state index in [1.165, 1.54) is 44.3 Å². The third-order valence-corrected chi connectivity index (χ3v) is 6.22. The van der Waals surface area contributed by atoms with Gasteiger partial charge < -0.3 is 14.1 Å². The van der Waals surface area contributed by atoms with E-state index in [-0.39, 0.29) is 5.78 Å². The van der Waals surface area contributed by atoms with Gasteiger partial charge in [-0.2, -0.15) is 0 Å². The van der Waals surface area contributed by atoms with Crippen LogP contribution in [0.15, 0.2) is 46.9 Å². The van der Waals surface area contributed by atoms with Crippen LogP contribution in [0, 0.1) is 6.92 Å². The number of aryl methyl sites for hydroxylation is 2. The number of hydrogen-bond donors (Lipinski definition) is 0. The van der Waals surface area contributed by atoms with Gasteiger partial charge >= 0.3 is 0 Å². The van der Waals surface area contributed by atoms with Crippen molar-refractivity contribution in [3.8, 4) is 5.75 Å². The Morgan fingerprint density at radius 3 is 2.21 bits per heavy atom. The highest BCUT2D eigenvalue weighted by Crippen LogP contribution is 2.29. The summed E-state index contributed by atoms with van der Waals surface area (Å²) in [7, 11) is 0. The number of unbranched alkanes of at least 4 members (excludes halogenated alkanes) is 2. The molecule has 0 atom stereocenters. The number of furan rings is 1. The molecule has 0 N–H and O–H groups in total. The van der Waals surface area contributed by atoms with Gasteiger partial charge in [0.15, 0.2) is 5.78 Å². The molecule has 0 radical (unpaired) electrons. The average Bonchev–Trinajstić information content (AvgIpc) is 3.17. The molecule has 1 heterocycles. The highest BCUT2D eigenvalue weighted by Gasteiger charge is 2.20. The number of nitrogens with zero attached hydrogens (tertiary/aromatic N) is 1. The summed E-state index contributed by atoms with van der Waals surface area (Å²) >= 11 is 0. The van der Waals surface area contributed by atoms with Gasteiger partial charge in [0.25, 0.3) is 0 Å². The van der Waals surface area contributed by atoms with Crippen LogP contribution in [-0.2, 0) is 6.42 Å². The maximum atomic E-state index is 13.3. The Morgan fingerprint density at radius 1 is 0.909 bits per heavy atom. The van der Waals surface area contributed by atoms with Crippen LogP contribution in [0.5, 0.6) is 5.75 Å². The first-order chi connectivity index (χ1) is 16.1. The number of carbonyl (C=O) groups excluding carboxylic acids is 1. The monoisotopic (exact) mass is 449 g/mol. The largest absolute Gasteiger partial charge is 0.494 e. The molecule has 33 heavy (non-hydrogen) atoms. The van der Waals surface area contributed by atoms with Crippen molar-refractivity contribution < 1.29 is 13.9 Å². The molecule has 0 saturated carbocycles. The highest BCUT2D eigenvalue weighted by molar-refractivity contribution is 6.16. The summed E-state index contributed by atoms with van der Waals surface area (Å²) in [5, 5.41) is 0.896. The number of fused-ring (bicyclic) bond motifs is 1. The Kier molecular flexibility index (Phi) is 9.56. The van der Waals surface area contributed by atoms with E-state index in [1.807, 2.05) is 37.3 Å². The molecule has 0 unspecified atom stereocenters. The number of rotatable bonds is 14. The Labute approximate surface area is 198 Å². The van der Waals surface area contributed by atoms with E-state index < -0.39 is 0 Å². The normalized spacial score (nSPS) is 11.4. The van der Waals surface area contributed by atoms with Gasteiger partial charge in [-0.05, 0) is 87.7 Å². The number of hydrogen-bond acceptors (Lipinski definition) is 4. The molecule has 0 aliphatic rings. The smallest absolute Gasteiger partial charge is 0.197 e. The van der Waals surface area contributed by atoms with E-state index in [4.69, 9.17) is 9.15 Å². The van der Waals surface area contributed by atoms with E-state index >= 15 is 0 Å². The Balaban J connectivity index is 1.58. The van der Waals surface area contributed by atoms with Gasteiger partial charge in [-0.25, -0.2) is 0 Å². The summed E-state index contributed by atoms with van der Waals surface area (Å²) < 4.78 is 11.8. The third-order valence-electron chi connectivity index (χ3n) is 6.22. The molecule has 0 saturated heterocycles. The molecule has 0 aliphatic heterocycles.